The monoisotopic (exact) mass is 365 g/mol. The van der Waals surface area contributed by atoms with Crippen LogP contribution >= 0.6 is 11.3 Å². The van der Waals surface area contributed by atoms with Gasteiger partial charge in [0.1, 0.15) is 0 Å². The molecule has 1 amide bonds. The van der Waals surface area contributed by atoms with E-state index in [2.05, 4.69) is 41.5 Å². The molecule has 0 saturated carbocycles. The first-order chi connectivity index (χ1) is 12.4. The largest absolute Gasteiger partial charge is 0.376 e. The van der Waals surface area contributed by atoms with Crippen LogP contribution < -0.4 is 10.2 Å². The molecule has 0 saturated heterocycles. The molecule has 0 bridgehead atoms. The summed E-state index contributed by atoms with van der Waals surface area (Å²) in [6.07, 6.45) is 0.316. The molecule has 0 atom stereocenters. The molecule has 0 aliphatic carbocycles. The molecule has 0 aliphatic rings. The number of hydrogen-bond donors (Lipinski definition) is 1. The van der Waals surface area contributed by atoms with Crippen molar-refractivity contribution in [2.45, 2.75) is 20.3 Å². The molecule has 26 heavy (non-hydrogen) atoms. The zero-order chi connectivity index (χ0) is 18.7. The number of anilines is 2. The summed E-state index contributed by atoms with van der Waals surface area (Å²) in [6, 6.07) is 16.1. The topological polar surface area (TPSA) is 45.2 Å². The molecule has 134 valence electrons. The second-order valence-electron chi connectivity index (χ2n) is 6.51. The van der Waals surface area contributed by atoms with E-state index in [1.165, 1.54) is 5.56 Å². The van der Waals surface area contributed by atoms with Gasteiger partial charge in [-0.2, -0.15) is 0 Å². The maximum Gasteiger partial charge on any atom is 0.229 e. The van der Waals surface area contributed by atoms with Gasteiger partial charge in [0.15, 0.2) is 0 Å². The van der Waals surface area contributed by atoms with Crippen LogP contribution in [0.5, 0.6) is 0 Å². The summed E-state index contributed by atoms with van der Waals surface area (Å²) in [6.45, 7) is 4.04. The molecular weight excluding hydrogens is 342 g/mol. The second-order valence-corrected chi connectivity index (χ2v) is 7.79. The molecule has 0 unspecified atom stereocenters. The van der Waals surface area contributed by atoms with Crippen LogP contribution in [-0.4, -0.2) is 25.0 Å². The highest BCUT2D eigenvalue weighted by Crippen LogP contribution is 2.29. The predicted octanol–water partition coefficient (Wildman–Crippen LogP) is 4.67. The first-order valence-electron chi connectivity index (χ1n) is 8.53. The molecule has 4 nitrogen and oxygen atoms in total. The van der Waals surface area contributed by atoms with E-state index in [0.29, 0.717) is 6.42 Å². The molecule has 1 N–H and O–H groups in total. The number of hydrogen-bond acceptors (Lipinski definition) is 4. The number of carbonyl (C=O) groups is 1. The molecule has 0 radical (unpaired) electrons. The van der Waals surface area contributed by atoms with Crippen molar-refractivity contribution in [2.24, 2.45) is 0 Å². The van der Waals surface area contributed by atoms with Gasteiger partial charge in [-0.25, -0.2) is 4.98 Å². The number of amides is 1. The third-order valence-electron chi connectivity index (χ3n) is 4.11. The predicted molar refractivity (Wildman–Crippen MR) is 110 cm³/mol. The Balaban J connectivity index is 1.81. The lowest BCUT2D eigenvalue weighted by atomic mass is 10.1. The van der Waals surface area contributed by atoms with Gasteiger partial charge in [-0.1, -0.05) is 42.0 Å². The number of para-hydroxylation sites is 2. The lowest BCUT2D eigenvalue weighted by Crippen LogP contribution is -2.18. The highest BCUT2D eigenvalue weighted by Gasteiger charge is 2.16. The molecule has 0 fully saturated rings. The number of aryl methyl sites for hydroxylation is 2. The third-order valence-corrected chi connectivity index (χ3v) is 5.08. The van der Waals surface area contributed by atoms with Gasteiger partial charge >= 0.3 is 0 Å². The Morgan fingerprint density at radius 2 is 1.77 bits per heavy atom. The van der Waals surface area contributed by atoms with Gasteiger partial charge in [-0.3, -0.25) is 4.79 Å². The van der Waals surface area contributed by atoms with Gasteiger partial charge in [0, 0.05) is 24.5 Å². The van der Waals surface area contributed by atoms with Crippen molar-refractivity contribution in [1.82, 2.24) is 4.98 Å². The smallest absolute Gasteiger partial charge is 0.229 e. The number of aromatic nitrogens is 1. The Morgan fingerprint density at radius 3 is 2.46 bits per heavy atom. The van der Waals surface area contributed by atoms with Crippen LogP contribution in [0.1, 0.15) is 15.4 Å². The van der Waals surface area contributed by atoms with Crippen molar-refractivity contribution in [2.75, 3.05) is 24.3 Å². The third kappa shape index (κ3) is 4.11. The molecule has 1 aromatic heterocycles. The van der Waals surface area contributed by atoms with Crippen molar-refractivity contribution in [1.29, 1.82) is 0 Å². The highest BCUT2D eigenvalue weighted by atomic mass is 32.1. The van der Waals surface area contributed by atoms with Crippen LogP contribution in [0.2, 0.25) is 0 Å². The van der Waals surface area contributed by atoms with Crippen molar-refractivity contribution >= 4 is 28.6 Å². The van der Waals surface area contributed by atoms with E-state index in [4.69, 9.17) is 0 Å². The van der Waals surface area contributed by atoms with Gasteiger partial charge in [0.2, 0.25) is 5.91 Å². The van der Waals surface area contributed by atoms with Gasteiger partial charge in [0.25, 0.3) is 0 Å². The first-order valence-corrected chi connectivity index (χ1v) is 9.35. The Kier molecular flexibility index (Phi) is 5.38. The molecule has 3 rings (SSSR count). The lowest BCUT2D eigenvalue weighted by molar-refractivity contribution is -0.115. The fourth-order valence-corrected chi connectivity index (χ4v) is 3.79. The summed E-state index contributed by atoms with van der Waals surface area (Å²) in [5, 5.41) is 4.01. The van der Waals surface area contributed by atoms with Crippen LogP contribution in [0.25, 0.3) is 11.3 Å². The van der Waals surface area contributed by atoms with E-state index < -0.39 is 0 Å². The van der Waals surface area contributed by atoms with Gasteiger partial charge in [-0.05, 0) is 26.0 Å². The van der Waals surface area contributed by atoms with Crippen molar-refractivity contribution in [3.05, 3.63) is 64.0 Å². The van der Waals surface area contributed by atoms with Gasteiger partial charge in [0.05, 0.1) is 28.5 Å². The minimum atomic E-state index is -0.0312. The molecule has 0 aliphatic heterocycles. The zero-order valence-corrected chi connectivity index (χ0v) is 16.4. The normalized spacial score (nSPS) is 10.6. The molecular formula is C21H23N3OS. The van der Waals surface area contributed by atoms with E-state index >= 15 is 0 Å². The number of nitrogens with one attached hydrogen (secondary N) is 1. The molecule has 3 aromatic rings. The van der Waals surface area contributed by atoms with Crippen LogP contribution in [0, 0.1) is 13.8 Å². The number of thiazole rings is 1. The summed E-state index contributed by atoms with van der Waals surface area (Å²) >= 11 is 1.58. The molecule has 2 aromatic carbocycles. The second kappa shape index (κ2) is 7.70. The average Bonchev–Trinajstić information content (AvgIpc) is 2.96. The quantitative estimate of drug-likeness (QED) is 0.714. The minimum Gasteiger partial charge on any atom is -0.376 e. The highest BCUT2D eigenvalue weighted by molar-refractivity contribution is 7.12. The summed E-state index contributed by atoms with van der Waals surface area (Å²) in [5.41, 5.74) is 4.97. The first kappa shape index (κ1) is 18.1. The Morgan fingerprint density at radius 1 is 1.08 bits per heavy atom. The summed E-state index contributed by atoms with van der Waals surface area (Å²) in [4.78, 5) is 20.3. The Hall–Kier alpha value is -2.66. The number of rotatable bonds is 5. The maximum absolute atomic E-state index is 12.7. The standard InChI is InChI=1S/C21H23N3OS/c1-14-9-11-16(12-10-14)21-19(26-15(2)22-21)13-20(25)23-17-7-5-6-8-18(17)24(3)4/h5-12H,13H2,1-4H3,(H,23,25). The zero-order valence-electron chi connectivity index (χ0n) is 15.5. The van der Waals surface area contributed by atoms with E-state index in [-0.39, 0.29) is 5.91 Å². The Bertz CT molecular complexity index is 913. The van der Waals surface area contributed by atoms with E-state index in [9.17, 15) is 4.79 Å². The van der Waals surface area contributed by atoms with Crippen LogP contribution in [0.15, 0.2) is 48.5 Å². The van der Waals surface area contributed by atoms with Gasteiger partial charge in [-0.15, -0.1) is 11.3 Å². The summed E-state index contributed by atoms with van der Waals surface area (Å²) < 4.78 is 0. The summed E-state index contributed by atoms with van der Waals surface area (Å²) in [7, 11) is 3.93. The summed E-state index contributed by atoms with van der Waals surface area (Å²) in [5.74, 6) is -0.0312. The van der Waals surface area contributed by atoms with Crippen molar-refractivity contribution < 1.29 is 4.79 Å². The van der Waals surface area contributed by atoms with Gasteiger partial charge < -0.3 is 10.2 Å². The van der Waals surface area contributed by atoms with Crippen molar-refractivity contribution in [3.63, 3.8) is 0 Å². The fraction of sp³-hybridized carbons (Fsp3) is 0.238. The van der Waals surface area contributed by atoms with Crippen LogP contribution in [-0.2, 0) is 11.2 Å². The number of carbonyl (C=O) groups excluding carboxylic acids is 1. The lowest BCUT2D eigenvalue weighted by Gasteiger charge is -2.17. The average molecular weight is 366 g/mol. The fourth-order valence-electron chi connectivity index (χ4n) is 2.84. The van der Waals surface area contributed by atoms with E-state index in [0.717, 1.165) is 32.5 Å². The van der Waals surface area contributed by atoms with Crippen molar-refractivity contribution in [3.8, 4) is 11.3 Å². The van der Waals surface area contributed by atoms with E-state index in [1.807, 2.05) is 50.2 Å². The van der Waals surface area contributed by atoms with E-state index in [1.54, 1.807) is 11.3 Å². The number of nitrogens with zero attached hydrogens (tertiary/aromatic N) is 2. The van der Waals surface area contributed by atoms with Crippen LogP contribution in [0.4, 0.5) is 11.4 Å². The molecule has 5 heteroatoms. The maximum atomic E-state index is 12.7. The minimum absolute atomic E-state index is 0.0312. The Labute approximate surface area is 158 Å². The molecule has 1 heterocycles. The SMILES string of the molecule is Cc1ccc(-c2nc(C)sc2CC(=O)Nc2ccccc2N(C)C)cc1. The van der Waals surface area contributed by atoms with Crippen LogP contribution in [0.3, 0.4) is 0 Å². The number of benzene rings is 2. The molecule has 0 spiro atoms.